The Labute approximate surface area is 95.3 Å². The van der Waals surface area contributed by atoms with Crippen LogP contribution in [0.1, 0.15) is 19.8 Å². The second-order valence-electron chi connectivity index (χ2n) is 3.60. The first-order valence-corrected chi connectivity index (χ1v) is 5.43. The lowest BCUT2D eigenvalue weighted by atomic mass is 10.0. The number of aliphatic hydroxyl groups excluding tert-OH is 1. The molecule has 90 valence electrons. The van der Waals surface area contributed by atoms with E-state index in [2.05, 4.69) is 27.6 Å². The molecule has 6 nitrogen and oxygen atoms in total. The smallest absolute Gasteiger partial charge is 0.145 e. The lowest BCUT2D eigenvalue weighted by Gasteiger charge is -2.14. The second-order valence-corrected chi connectivity index (χ2v) is 3.60. The van der Waals surface area contributed by atoms with Crippen LogP contribution in [0.25, 0.3) is 0 Å². The quantitative estimate of drug-likeness (QED) is 0.400. The highest BCUT2D eigenvalue weighted by molar-refractivity contribution is 5.45. The van der Waals surface area contributed by atoms with Crippen LogP contribution in [0.2, 0.25) is 0 Å². The number of aliphatic hydroxyl groups is 1. The molecule has 0 aliphatic carbocycles. The molecule has 0 aromatic carbocycles. The van der Waals surface area contributed by atoms with Crippen molar-refractivity contribution in [2.75, 3.05) is 23.9 Å². The van der Waals surface area contributed by atoms with Crippen molar-refractivity contribution in [3.63, 3.8) is 0 Å². The number of anilines is 2. The molecule has 0 saturated carbocycles. The number of rotatable bonds is 7. The second kappa shape index (κ2) is 6.97. The molecule has 16 heavy (non-hydrogen) atoms. The van der Waals surface area contributed by atoms with Crippen LogP contribution in [-0.4, -0.2) is 28.2 Å². The summed E-state index contributed by atoms with van der Waals surface area (Å²) < 4.78 is 0. The topological polar surface area (TPSA) is 96.1 Å². The summed E-state index contributed by atoms with van der Waals surface area (Å²) in [7, 11) is 0. The highest BCUT2D eigenvalue weighted by atomic mass is 16.3. The van der Waals surface area contributed by atoms with Crippen molar-refractivity contribution >= 4 is 11.6 Å². The molecule has 0 amide bonds. The van der Waals surface area contributed by atoms with Crippen molar-refractivity contribution < 1.29 is 5.11 Å². The van der Waals surface area contributed by atoms with Gasteiger partial charge in [-0.25, -0.2) is 15.8 Å². The molecule has 1 aromatic rings. The summed E-state index contributed by atoms with van der Waals surface area (Å²) in [5.74, 6) is 7.01. The number of hydrazine groups is 1. The van der Waals surface area contributed by atoms with Gasteiger partial charge in [-0.3, -0.25) is 0 Å². The van der Waals surface area contributed by atoms with E-state index in [-0.39, 0.29) is 6.61 Å². The maximum atomic E-state index is 8.87. The number of nitrogens with zero attached hydrogens (tertiary/aromatic N) is 2. The van der Waals surface area contributed by atoms with Crippen LogP contribution in [0, 0.1) is 5.92 Å². The van der Waals surface area contributed by atoms with Gasteiger partial charge in [0.15, 0.2) is 0 Å². The third kappa shape index (κ3) is 4.00. The first-order chi connectivity index (χ1) is 7.80. The van der Waals surface area contributed by atoms with E-state index in [1.54, 1.807) is 6.07 Å². The molecule has 0 radical (unpaired) electrons. The van der Waals surface area contributed by atoms with Crippen LogP contribution in [0.15, 0.2) is 12.4 Å². The molecule has 0 aliphatic rings. The lowest BCUT2D eigenvalue weighted by molar-refractivity contribution is 0.258. The summed E-state index contributed by atoms with van der Waals surface area (Å²) in [6.45, 7) is 3.12. The zero-order valence-electron chi connectivity index (χ0n) is 9.48. The van der Waals surface area contributed by atoms with Gasteiger partial charge in [-0.15, -0.1) is 0 Å². The predicted molar refractivity (Wildman–Crippen MR) is 63.8 cm³/mol. The van der Waals surface area contributed by atoms with Gasteiger partial charge in [0.05, 0.1) is 0 Å². The number of nitrogens with two attached hydrogens (primary N) is 1. The van der Waals surface area contributed by atoms with Gasteiger partial charge in [-0.2, -0.15) is 0 Å². The Bertz CT molecular complexity index is 307. The molecule has 0 saturated heterocycles. The van der Waals surface area contributed by atoms with Gasteiger partial charge >= 0.3 is 0 Å². The van der Waals surface area contributed by atoms with E-state index in [0.29, 0.717) is 11.7 Å². The Morgan fingerprint density at radius 3 is 2.81 bits per heavy atom. The molecule has 5 N–H and O–H groups in total. The summed E-state index contributed by atoms with van der Waals surface area (Å²) in [6.07, 6.45) is 3.28. The van der Waals surface area contributed by atoms with Crippen molar-refractivity contribution in [2.45, 2.75) is 19.8 Å². The SMILES string of the molecule is CCC(CCO)CNc1cc(NN)ncn1. The van der Waals surface area contributed by atoms with E-state index >= 15 is 0 Å². The maximum absolute atomic E-state index is 8.87. The van der Waals surface area contributed by atoms with Crippen LogP contribution >= 0.6 is 0 Å². The number of aromatic nitrogens is 2. The van der Waals surface area contributed by atoms with Crippen LogP contribution in [0.5, 0.6) is 0 Å². The molecule has 1 heterocycles. The fourth-order valence-electron chi connectivity index (χ4n) is 1.41. The van der Waals surface area contributed by atoms with E-state index in [0.717, 1.165) is 25.2 Å². The van der Waals surface area contributed by atoms with Gasteiger partial charge in [-0.1, -0.05) is 13.3 Å². The van der Waals surface area contributed by atoms with Gasteiger partial charge in [0, 0.05) is 19.2 Å². The first-order valence-electron chi connectivity index (χ1n) is 5.43. The summed E-state index contributed by atoms with van der Waals surface area (Å²) in [5, 5.41) is 12.1. The fraction of sp³-hybridized carbons (Fsp3) is 0.600. The molecule has 0 aliphatic heterocycles. The largest absolute Gasteiger partial charge is 0.396 e. The average Bonchev–Trinajstić information content (AvgIpc) is 2.34. The zero-order chi connectivity index (χ0) is 11.8. The van der Waals surface area contributed by atoms with Gasteiger partial charge < -0.3 is 15.8 Å². The minimum atomic E-state index is 0.222. The number of nitrogen functional groups attached to an aromatic ring is 1. The normalized spacial score (nSPS) is 12.2. The van der Waals surface area contributed by atoms with E-state index in [4.69, 9.17) is 10.9 Å². The van der Waals surface area contributed by atoms with Crippen molar-refractivity contribution in [1.29, 1.82) is 0 Å². The monoisotopic (exact) mass is 225 g/mol. The van der Waals surface area contributed by atoms with Gasteiger partial charge in [0.2, 0.25) is 0 Å². The van der Waals surface area contributed by atoms with E-state index < -0.39 is 0 Å². The van der Waals surface area contributed by atoms with Crippen LogP contribution in [0.4, 0.5) is 11.6 Å². The molecule has 0 spiro atoms. The Kier molecular flexibility index (Phi) is 5.52. The summed E-state index contributed by atoms with van der Waals surface area (Å²) in [4.78, 5) is 7.99. The first kappa shape index (κ1) is 12.7. The highest BCUT2D eigenvalue weighted by Crippen LogP contribution is 2.11. The van der Waals surface area contributed by atoms with E-state index in [9.17, 15) is 0 Å². The molecule has 6 heteroatoms. The van der Waals surface area contributed by atoms with Gasteiger partial charge in [-0.05, 0) is 12.3 Å². The molecule has 0 fully saturated rings. The standard InChI is InChI=1S/C10H19N5O/c1-2-8(3-4-16)6-12-9-5-10(15-11)14-7-13-9/h5,7-8,16H,2-4,6,11H2,1H3,(H2,12,13,14,15). The fourth-order valence-corrected chi connectivity index (χ4v) is 1.41. The summed E-state index contributed by atoms with van der Waals surface area (Å²) >= 11 is 0. The van der Waals surface area contributed by atoms with E-state index in [1.165, 1.54) is 6.33 Å². The third-order valence-electron chi connectivity index (χ3n) is 2.50. The summed E-state index contributed by atoms with van der Waals surface area (Å²) in [5.41, 5.74) is 2.46. The highest BCUT2D eigenvalue weighted by Gasteiger charge is 2.05. The number of hydrogen-bond donors (Lipinski definition) is 4. The Morgan fingerprint density at radius 2 is 2.19 bits per heavy atom. The van der Waals surface area contributed by atoms with Crippen LogP contribution in [-0.2, 0) is 0 Å². The molecule has 1 rings (SSSR count). The van der Waals surface area contributed by atoms with Crippen molar-refractivity contribution in [3.05, 3.63) is 12.4 Å². The minimum Gasteiger partial charge on any atom is -0.396 e. The number of hydrogen-bond acceptors (Lipinski definition) is 6. The minimum absolute atomic E-state index is 0.222. The Balaban J connectivity index is 2.46. The van der Waals surface area contributed by atoms with Gasteiger partial charge in [0.1, 0.15) is 18.0 Å². The van der Waals surface area contributed by atoms with Gasteiger partial charge in [0.25, 0.3) is 0 Å². The van der Waals surface area contributed by atoms with Crippen molar-refractivity contribution in [1.82, 2.24) is 9.97 Å². The van der Waals surface area contributed by atoms with Crippen molar-refractivity contribution in [3.8, 4) is 0 Å². The molecule has 1 unspecified atom stereocenters. The third-order valence-corrected chi connectivity index (χ3v) is 2.50. The van der Waals surface area contributed by atoms with E-state index in [1.807, 2.05) is 0 Å². The molecule has 0 bridgehead atoms. The molecular formula is C10H19N5O. The Hall–Kier alpha value is -1.40. The Morgan fingerprint density at radius 1 is 1.44 bits per heavy atom. The number of nitrogens with one attached hydrogen (secondary N) is 2. The van der Waals surface area contributed by atoms with Crippen LogP contribution in [0.3, 0.4) is 0 Å². The lowest BCUT2D eigenvalue weighted by Crippen LogP contribution is -2.16. The molecular weight excluding hydrogens is 206 g/mol. The van der Waals surface area contributed by atoms with Crippen molar-refractivity contribution in [2.24, 2.45) is 11.8 Å². The average molecular weight is 225 g/mol. The summed E-state index contributed by atoms with van der Waals surface area (Å²) in [6, 6.07) is 1.74. The maximum Gasteiger partial charge on any atom is 0.145 e. The molecule has 1 atom stereocenters. The zero-order valence-corrected chi connectivity index (χ0v) is 9.48. The predicted octanol–water partition coefficient (Wildman–Crippen LogP) is 0.583. The van der Waals surface area contributed by atoms with Crippen LogP contribution < -0.4 is 16.6 Å². The molecule has 1 aromatic heterocycles.